The van der Waals surface area contributed by atoms with Gasteiger partial charge in [0.1, 0.15) is 0 Å². The summed E-state index contributed by atoms with van der Waals surface area (Å²) >= 11 is 0. The highest BCUT2D eigenvalue weighted by molar-refractivity contribution is 6.06. The number of anilines is 1. The van der Waals surface area contributed by atoms with Gasteiger partial charge in [-0.05, 0) is 66.4 Å². The Morgan fingerprint density at radius 1 is 1.00 bits per heavy atom. The van der Waals surface area contributed by atoms with Gasteiger partial charge in [-0.3, -0.25) is 9.59 Å². The van der Waals surface area contributed by atoms with E-state index in [0.29, 0.717) is 11.4 Å². The minimum atomic E-state index is -0.201. The summed E-state index contributed by atoms with van der Waals surface area (Å²) in [6.07, 6.45) is 4.16. The van der Waals surface area contributed by atoms with E-state index >= 15 is 0 Å². The second-order valence-corrected chi connectivity index (χ2v) is 7.38. The van der Waals surface area contributed by atoms with Crippen molar-refractivity contribution in [3.63, 3.8) is 0 Å². The quantitative estimate of drug-likeness (QED) is 0.322. The summed E-state index contributed by atoms with van der Waals surface area (Å²) in [7, 11) is 0. The van der Waals surface area contributed by atoms with E-state index in [2.05, 4.69) is 22.2 Å². The molecule has 5 heteroatoms. The zero-order valence-electron chi connectivity index (χ0n) is 17.5. The monoisotopic (exact) mass is 409 g/mol. The van der Waals surface area contributed by atoms with Gasteiger partial charge in [-0.25, -0.2) is 4.98 Å². The molecule has 4 rings (SSSR count). The van der Waals surface area contributed by atoms with Gasteiger partial charge in [-0.15, -0.1) is 0 Å². The fourth-order valence-electron chi connectivity index (χ4n) is 3.32. The second-order valence-electron chi connectivity index (χ2n) is 7.38. The van der Waals surface area contributed by atoms with Crippen molar-refractivity contribution < 1.29 is 9.59 Å². The smallest absolute Gasteiger partial charge is 0.255 e. The van der Waals surface area contributed by atoms with E-state index < -0.39 is 0 Å². The number of hydrogen-bond acceptors (Lipinski definition) is 3. The Bertz CT molecular complexity index is 1270. The van der Waals surface area contributed by atoms with Gasteiger partial charge in [0.05, 0.1) is 11.0 Å². The van der Waals surface area contributed by atoms with Crippen LogP contribution in [0.1, 0.15) is 44.6 Å². The molecule has 0 aliphatic carbocycles. The summed E-state index contributed by atoms with van der Waals surface area (Å²) in [5.41, 5.74) is 6.03. The molecule has 1 heterocycles. The topological polar surface area (TPSA) is 74.8 Å². The number of amides is 1. The Hall–Kier alpha value is -3.99. The number of hydrogen-bond donors (Lipinski definition) is 2. The van der Waals surface area contributed by atoms with E-state index in [1.165, 1.54) is 11.6 Å². The molecule has 1 aromatic heterocycles. The molecule has 0 bridgehead atoms. The molecular weight excluding hydrogens is 386 g/mol. The summed E-state index contributed by atoms with van der Waals surface area (Å²) in [6, 6.07) is 20.7. The molecule has 0 fully saturated rings. The average molecular weight is 409 g/mol. The molecule has 0 atom stereocenters. The molecule has 154 valence electrons. The third-order valence-electron chi connectivity index (χ3n) is 5.17. The number of carbonyl (C=O) groups is 2. The standard InChI is InChI=1S/C26H23N3O2/c1-3-18-9-14-21(15-10-18)27-26(31)20-12-7-19(8-13-20)11-16-23(30)25-28-22-6-4-5-17(2)24(22)29-25/h4-16H,3H2,1-2H3,(H,27,31)(H,28,29). The minimum absolute atomic E-state index is 0.173. The third kappa shape index (κ3) is 4.61. The van der Waals surface area contributed by atoms with Crippen molar-refractivity contribution in [3.8, 4) is 0 Å². The van der Waals surface area contributed by atoms with Crippen molar-refractivity contribution in [1.82, 2.24) is 9.97 Å². The lowest BCUT2D eigenvalue weighted by Gasteiger charge is -2.06. The number of aromatic amines is 1. The van der Waals surface area contributed by atoms with Crippen LogP contribution in [-0.2, 0) is 6.42 Å². The number of ketones is 1. The van der Waals surface area contributed by atoms with Crippen LogP contribution in [0.3, 0.4) is 0 Å². The van der Waals surface area contributed by atoms with E-state index in [1.807, 2.05) is 61.5 Å². The van der Waals surface area contributed by atoms with Crippen LogP contribution in [0.15, 0.2) is 72.8 Å². The van der Waals surface area contributed by atoms with Crippen molar-refractivity contribution in [3.05, 3.63) is 101 Å². The molecule has 0 spiro atoms. The van der Waals surface area contributed by atoms with Crippen molar-refractivity contribution in [2.75, 3.05) is 5.32 Å². The molecule has 0 unspecified atom stereocenters. The van der Waals surface area contributed by atoms with Crippen LogP contribution in [0.5, 0.6) is 0 Å². The van der Waals surface area contributed by atoms with Crippen molar-refractivity contribution >= 4 is 34.5 Å². The predicted molar refractivity (Wildman–Crippen MR) is 124 cm³/mol. The maximum absolute atomic E-state index is 12.5. The number of aryl methyl sites for hydroxylation is 2. The van der Waals surface area contributed by atoms with Gasteiger partial charge >= 0.3 is 0 Å². The molecule has 0 saturated heterocycles. The number of benzene rings is 3. The normalized spacial score (nSPS) is 11.2. The number of nitrogens with one attached hydrogen (secondary N) is 2. The zero-order valence-corrected chi connectivity index (χ0v) is 17.5. The van der Waals surface area contributed by atoms with E-state index in [0.717, 1.165) is 34.3 Å². The summed E-state index contributed by atoms with van der Waals surface area (Å²) in [5.74, 6) is -0.0629. The van der Waals surface area contributed by atoms with Gasteiger partial charge in [-0.1, -0.05) is 49.4 Å². The van der Waals surface area contributed by atoms with Gasteiger partial charge in [0, 0.05) is 11.3 Å². The molecular formula is C26H23N3O2. The molecule has 0 saturated carbocycles. The molecule has 2 N–H and O–H groups in total. The number of imidazole rings is 1. The SMILES string of the molecule is CCc1ccc(NC(=O)c2ccc(C=CC(=O)c3nc4c(C)cccc4[nH]3)cc2)cc1. The second kappa shape index (κ2) is 8.79. The Morgan fingerprint density at radius 2 is 1.74 bits per heavy atom. The average Bonchev–Trinajstić information content (AvgIpc) is 3.24. The maximum Gasteiger partial charge on any atom is 0.255 e. The fraction of sp³-hybridized carbons (Fsp3) is 0.115. The first-order valence-corrected chi connectivity index (χ1v) is 10.2. The van der Waals surface area contributed by atoms with Crippen LogP contribution in [0.25, 0.3) is 17.1 Å². The minimum Gasteiger partial charge on any atom is -0.335 e. The molecule has 4 aromatic rings. The Morgan fingerprint density at radius 3 is 2.42 bits per heavy atom. The zero-order chi connectivity index (χ0) is 21.8. The molecule has 1 amide bonds. The number of fused-ring (bicyclic) bond motifs is 1. The number of allylic oxidation sites excluding steroid dienone is 1. The van der Waals surface area contributed by atoms with Crippen LogP contribution in [0.2, 0.25) is 0 Å². The van der Waals surface area contributed by atoms with Crippen LogP contribution in [0, 0.1) is 6.92 Å². The number of nitrogens with zero attached hydrogens (tertiary/aromatic N) is 1. The summed E-state index contributed by atoms with van der Waals surface area (Å²) < 4.78 is 0. The number of para-hydroxylation sites is 1. The molecule has 0 aliphatic rings. The van der Waals surface area contributed by atoms with Gasteiger partial charge in [-0.2, -0.15) is 0 Å². The molecule has 0 radical (unpaired) electrons. The van der Waals surface area contributed by atoms with Crippen LogP contribution >= 0.6 is 0 Å². The lowest BCUT2D eigenvalue weighted by molar-refractivity contribution is 0.102. The van der Waals surface area contributed by atoms with Crippen LogP contribution in [0.4, 0.5) is 5.69 Å². The highest BCUT2D eigenvalue weighted by Gasteiger charge is 2.10. The number of H-pyrrole nitrogens is 1. The Kier molecular flexibility index (Phi) is 5.76. The lowest BCUT2D eigenvalue weighted by atomic mass is 10.1. The number of carbonyl (C=O) groups excluding carboxylic acids is 2. The highest BCUT2D eigenvalue weighted by Crippen LogP contribution is 2.17. The first-order chi connectivity index (χ1) is 15.0. The third-order valence-corrected chi connectivity index (χ3v) is 5.17. The molecule has 3 aromatic carbocycles. The van der Waals surface area contributed by atoms with E-state index in [1.54, 1.807) is 18.2 Å². The summed E-state index contributed by atoms with van der Waals surface area (Å²) in [4.78, 5) is 32.4. The van der Waals surface area contributed by atoms with Crippen LogP contribution < -0.4 is 5.32 Å². The maximum atomic E-state index is 12.5. The van der Waals surface area contributed by atoms with Gasteiger partial charge in [0.15, 0.2) is 5.82 Å². The summed E-state index contributed by atoms with van der Waals surface area (Å²) in [5, 5.41) is 2.89. The molecule has 0 aliphatic heterocycles. The summed E-state index contributed by atoms with van der Waals surface area (Å²) in [6.45, 7) is 4.06. The van der Waals surface area contributed by atoms with Crippen molar-refractivity contribution in [2.45, 2.75) is 20.3 Å². The Labute approximate surface area is 180 Å². The Balaban J connectivity index is 1.42. The van der Waals surface area contributed by atoms with Gasteiger partial charge < -0.3 is 10.3 Å². The highest BCUT2D eigenvalue weighted by atomic mass is 16.1. The van der Waals surface area contributed by atoms with E-state index in [-0.39, 0.29) is 11.7 Å². The first-order valence-electron chi connectivity index (χ1n) is 10.2. The number of aromatic nitrogens is 2. The van der Waals surface area contributed by atoms with E-state index in [4.69, 9.17) is 0 Å². The van der Waals surface area contributed by atoms with Gasteiger partial charge in [0.2, 0.25) is 5.78 Å². The van der Waals surface area contributed by atoms with E-state index in [9.17, 15) is 9.59 Å². The molecule has 31 heavy (non-hydrogen) atoms. The largest absolute Gasteiger partial charge is 0.335 e. The fourth-order valence-corrected chi connectivity index (χ4v) is 3.32. The first kappa shape index (κ1) is 20.3. The molecule has 5 nitrogen and oxygen atoms in total. The lowest BCUT2D eigenvalue weighted by Crippen LogP contribution is -2.11. The predicted octanol–water partition coefficient (Wildman–Crippen LogP) is 5.58. The van der Waals surface area contributed by atoms with Crippen molar-refractivity contribution in [2.24, 2.45) is 0 Å². The van der Waals surface area contributed by atoms with Crippen molar-refractivity contribution in [1.29, 1.82) is 0 Å². The number of rotatable bonds is 6. The van der Waals surface area contributed by atoms with Crippen LogP contribution in [-0.4, -0.2) is 21.7 Å². The van der Waals surface area contributed by atoms with Gasteiger partial charge in [0.25, 0.3) is 5.91 Å².